The lowest BCUT2D eigenvalue weighted by Gasteiger charge is -2.20. The van der Waals surface area contributed by atoms with Gasteiger partial charge in [0.25, 0.3) is 0 Å². The summed E-state index contributed by atoms with van der Waals surface area (Å²) >= 11 is 0. The fourth-order valence-electron chi connectivity index (χ4n) is 0.956. The summed E-state index contributed by atoms with van der Waals surface area (Å²) in [4.78, 5) is 0. The maximum atomic E-state index is 5.69. The van der Waals surface area contributed by atoms with Gasteiger partial charge in [-0.25, -0.2) is 4.68 Å². The molecule has 1 aromatic heterocycles. The highest BCUT2D eigenvalue weighted by Gasteiger charge is 2.21. The van der Waals surface area contributed by atoms with Crippen LogP contribution >= 0.6 is 0 Å². The Morgan fingerprint density at radius 2 is 2.00 bits per heavy atom. The van der Waals surface area contributed by atoms with Crippen molar-refractivity contribution in [2.75, 3.05) is 0 Å². The second-order valence-electron chi connectivity index (χ2n) is 3.91. The molecule has 68 valence electrons. The number of hydrogen-bond acceptors (Lipinski definition) is 4. The van der Waals surface area contributed by atoms with Crippen molar-refractivity contribution < 1.29 is 0 Å². The van der Waals surface area contributed by atoms with Gasteiger partial charge in [-0.3, -0.25) is 0 Å². The molecule has 0 bridgehead atoms. The molecule has 5 heteroatoms. The summed E-state index contributed by atoms with van der Waals surface area (Å²) in [7, 11) is 0. The molecule has 0 radical (unpaired) electrons. The van der Waals surface area contributed by atoms with E-state index in [1.165, 1.54) is 0 Å². The number of aromatic nitrogens is 4. The van der Waals surface area contributed by atoms with Gasteiger partial charge in [-0.2, -0.15) is 0 Å². The molecular formula is C7H15N5. The monoisotopic (exact) mass is 169 g/mol. The number of nitrogens with zero attached hydrogens (tertiary/aromatic N) is 4. The van der Waals surface area contributed by atoms with Crippen LogP contribution in [-0.4, -0.2) is 20.2 Å². The maximum absolute atomic E-state index is 5.69. The number of nitrogens with two attached hydrogens (primary N) is 1. The van der Waals surface area contributed by atoms with Crippen LogP contribution in [0.5, 0.6) is 0 Å². The first kappa shape index (κ1) is 9.12. The Balaban J connectivity index is 3.08. The van der Waals surface area contributed by atoms with Crippen LogP contribution < -0.4 is 5.73 Å². The first-order valence-corrected chi connectivity index (χ1v) is 3.97. The number of hydrogen-bond donors (Lipinski definition) is 1. The van der Waals surface area contributed by atoms with E-state index in [4.69, 9.17) is 5.73 Å². The summed E-state index contributed by atoms with van der Waals surface area (Å²) in [5.74, 6) is 0.725. The maximum Gasteiger partial charge on any atom is 0.168 e. The van der Waals surface area contributed by atoms with E-state index in [1.807, 2.05) is 27.7 Å². The van der Waals surface area contributed by atoms with Crippen LogP contribution in [0.15, 0.2) is 0 Å². The summed E-state index contributed by atoms with van der Waals surface area (Å²) in [6.07, 6.45) is 0. The summed E-state index contributed by atoms with van der Waals surface area (Å²) in [5, 5.41) is 11.3. The zero-order chi connectivity index (χ0) is 9.35. The van der Waals surface area contributed by atoms with Gasteiger partial charge in [0, 0.05) is 0 Å². The highest BCUT2D eigenvalue weighted by Crippen LogP contribution is 2.15. The molecule has 0 saturated carbocycles. The largest absolute Gasteiger partial charge is 0.322 e. The highest BCUT2D eigenvalue weighted by atomic mass is 15.6. The predicted octanol–water partition coefficient (Wildman–Crippen LogP) is 0.448. The van der Waals surface area contributed by atoms with Gasteiger partial charge in [0.2, 0.25) is 0 Å². The van der Waals surface area contributed by atoms with E-state index in [1.54, 1.807) is 4.68 Å². The third-order valence-corrected chi connectivity index (χ3v) is 1.54. The smallest absolute Gasteiger partial charge is 0.168 e. The standard InChI is InChI=1S/C7H15N5/c1-5(8)6-9-10-11-12(6)7(2,3)4/h5H,8H2,1-4H3. The van der Waals surface area contributed by atoms with Crippen LogP contribution in [0.2, 0.25) is 0 Å². The van der Waals surface area contributed by atoms with Crippen molar-refractivity contribution in [1.82, 2.24) is 20.2 Å². The molecule has 0 aliphatic heterocycles. The first-order chi connectivity index (χ1) is 5.43. The van der Waals surface area contributed by atoms with E-state index in [0.717, 1.165) is 5.82 Å². The molecule has 1 aromatic rings. The van der Waals surface area contributed by atoms with Crippen molar-refractivity contribution in [3.05, 3.63) is 5.82 Å². The van der Waals surface area contributed by atoms with Gasteiger partial charge in [-0.1, -0.05) is 0 Å². The Bertz CT molecular complexity index is 257. The summed E-state index contributed by atoms with van der Waals surface area (Å²) < 4.78 is 1.75. The molecule has 1 atom stereocenters. The van der Waals surface area contributed by atoms with Crippen molar-refractivity contribution in [2.45, 2.75) is 39.3 Å². The Hall–Kier alpha value is -0.970. The van der Waals surface area contributed by atoms with E-state index in [-0.39, 0.29) is 11.6 Å². The normalized spacial score (nSPS) is 14.8. The van der Waals surface area contributed by atoms with Crippen molar-refractivity contribution in [3.63, 3.8) is 0 Å². The van der Waals surface area contributed by atoms with E-state index in [9.17, 15) is 0 Å². The van der Waals surface area contributed by atoms with Gasteiger partial charge < -0.3 is 5.73 Å². The third kappa shape index (κ3) is 1.61. The fourth-order valence-corrected chi connectivity index (χ4v) is 0.956. The average Bonchev–Trinajstić information content (AvgIpc) is 2.30. The molecule has 0 fully saturated rings. The lowest BCUT2D eigenvalue weighted by Crippen LogP contribution is -2.28. The molecule has 0 saturated heterocycles. The van der Waals surface area contributed by atoms with Crippen molar-refractivity contribution in [2.24, 2.45) is 5.73 Å². The molecule has 0 amide bonds. The average molecular weight is 169 g/mol. The van der Waals surface area contributed by atoms with Gasteiger partial charge in [-0.15, -0.1) is 5.10 Å². The lowest BCUT2D eigenvalue weighted by molar-refractivity contribution is 0.329. The minimum atomic E-state index is -0.126. The predicted molar refractivity (Wildman–Crippen MR) is 45.4 cm³/mol. The molecule has 1 heterocycles. The quantitative estimate of drug-likeness (QED) is 0.662. The second-order valence-corrected chi connectivity index (χ2v) is 3.91. The van der Waals surface area contributed by atoms with Crippen molar-refractivity contribution >= 4 is 0 Å². The third-order valence-electron chi connectivity index (χ3n) is 1.54. The van der Waals surface area contributed by atoms with Crippen LogP contribution in [0.25, 0.3) is 0 Å². The topological polar surface area (TPSA) is 69.6 Å². The lowest BCUT2D eigenvalue weighted by atomic mass is 10.1. The molecule has 0 aromatic carbocycles. The minimum Gasteiger partial charge on any atom is -0.322 e. The Morgan fingerprint density at radius 1 is 1.42 bits per heavy atom. The first-order valence-electron chi connectivity index (χ1n) is 3.97. The molecule has 0 aliphatic rings. The van der Waals surface area contributed by atoms with E-state index >= 15 is 0 Å². The van der Waals surface area contributed by atoms with Crippen LogP contribution in [0.3, 0.4) is 0 Å². The zero-order valence-electron chi connectivity index (χ0n) is 7.94. The van der Waals surface area contributed by atoms with Gasteiger partial charge in [-0.05, 0) is 38.1 Å². The van der Waals surface area contributed by atoms with Gasteiger partial charge in [0.15, 0.2) is 5.82 Å². The molecule has 0 aliphatic carbocycles. The fraction of sp³-hybridized carbons (Fsp3) is 0.857. The Kier molecular flexibility index (Phi) is 2.14. The molecule has 1 rings (SSSR count). The highest BCUT2D eigenvalue weighted by molar-refractivity contribution is 4.91. The molecule has 12 heavy (non-hydrogen) atoms. The molecule has 5 nitrogen and oxygen atoms in total. The molecular weight excluding hydrogens is 154 g/mol. The van der Waals surface area contributed by atoms with Gasteiger partial charge in [0.05, 0.1) is 11.6 Å². The Labute approximate surface area is 71.9 Å². The van der Waals surface area contributed by atoms with E-state index in [0.29, 0.717) is 0 Å². The van der Waals surface area contributed by atoms with Crippen LogP contribution in [-0.2, 0) is 5.54 Å². The zero-order valence-corrected chi connectivity index (χ0v) is 7.94. The van der Waals surface area contributed by atoms with Crippen molar-refractivity contribution in [3.8, 4) is 0 Å². The molecule has 1 unspecified atom stereocenters. The van der Waals surface area contributed by atoms with Crippen LogP contribution in [0.1, 0.15) is 39.6 Å². The van der Waals surface area contributed by atoms with Crippen LogP contribution in [0, 0.1) is 0 Å². The van der Waals surface area contributed by atoms with Crippen molar-refractivity contribution in [1.29, 1.82) is 0 Å². The Morgan fingerprint density at radius 3 is 2.33 bits per heavy atom. The summed E-state index contributed by atoms with van der Waals surface area (Å²) in [6, 6.07) is -0.126. The van der Waals surface area contributed by atoms with Crippen LogP contribution in [0.4, 0.5) is 0 Å². The number of tetrazole rings is 1. The van der Waals surface area contributed by atoms with Gasteiger partial charge >= 0.3 is 0 Å². The second kappa shape index (κ2) is 2.82. The number of rotatable bonds is 1. The van der Waals surface area contributed by atoms with Gasteiger partial charge in [0.1, 0.15) is 0 Å². The SMILES string of the molecule is CC(N)c1nnnn1C(C)(C)C. The summed E-state index contributed by atoms with van der Waals surface area (Å²) in [6.45, 7) is 7.98. The minimum absolute atomic E-state index is 0.105. The molecule has 0 spiro atoms. The van der Waals surface area contributed by atoms with E-state index in [2.05, 4.69) is 15.5 Å². The summed E-state index contributed by atoms with van der Waals surface area (Å²) in [5.41, 5.74) is 5.59. The molecule has 2 N–H and O–H groups in total. The van der Waals surface area contributed by atoms with E-state index < -0.39 is 0 Å².